The third-order valence-electron chi connectivity index (χ3n) is 5.54. The molecule has 2 aliphatic heterocycles. The Morgan fingerprint density at radius 1 is 1.25 bits per heavy atom. The van der Waals surface area contributed by atoms with E-state index in [0.717, 1.165) is 19.6 Å². The molecule has 28 heavy (non-hydrogen) atoms. The lowest BCUT2D eigenvalue weighted by Crippen LogP contribution is -2.39. The van der Waals surface area contributed by atoms with Crippen LogP contribution >= 0.6 is 0 Å². The number of aromatic amines is 1. The number of nitrogens with one attached hydrogen (secondary N) is 2. The van der Waals surface area contributed by atoms with Crippen molar-refractivity contribution in [2.45, 2.75) is 39.5 Å². The number of likely N-dealkylation sites (tertiary alicyclic amines) is 1. The Balaban J connectivity index is 1.46. The van der Waals surface area contributed by atoms with Gasteiger partial charge in [-0.1, -0.05) is 6.92 Å². The van der Waals surface area contributed by atoms with E-state index in [-0.39, 0.29) is 11.5 Å². The van der Waals surface area contributed by atoms with E-state index in [9.17, 15) is 9.59 Å². The quantitative estimate of drug-likeness (QED) is 0.678. The maximum atomic E-state index is 12.5. The van der Waals surface area contributed by atoms with Crippen molar-refractivity contribution in [1.29, 1.82) is 0 Å². The summed E-state index contributed by atoms with van der Waals surface area (Å²) in [4.78, 5) is 36.6. The van der Waals surface area contributed by atoms with E-state index < -0.39 is 0 Å². The zero-order chi connectivity index (χ0) is 19.9. The van der Waals surface area contributed by atoms with Crippen LogP contribution in [0.25, 0.3) is 0 Å². The monoisotopic (exact) mass is 391 g/mol. The Morgan fingerprint density at radius 3 is 2.64 bits per heavy atom. The van der Waals surface area contributed by atoms with Crippen LogP contribution < -0.4 is 15.8 Å². The molecule has 2 aliphatic rings. The van der Waals surface area contributed by atoms with Gasteiger partial charge in [-0.2, -0.15) is 0 Å². The third kappa shape index (κ3) is 5.78. The number of hydrogen-bond acceptors (Lipinski definition) is 6. The second-order valence-electron chi connectivity index (χ2n) is 7.97. The van der Waals surface area contributed by atoms with Crippen LogP contribution in [-0.4, -0.2) is 73.3 Å². The average molecular weight is 392 g/mol. The molecule has 1 unspecified atom stereocenters. The van der Waals surface area contributed by atoms with Gasteiger partial charge in [-0.3, -0.25) is 14.6 Å². The van der Waals surface area contributed by atoms with Crippen LogP contribution in [0.5, 0.6) is 0 Å². The van der Waals surface area contributed by atoms with Crippen molar-refractivity contribution in [3.63, 3.8) is 0 Å². The Hall–Kier alpha value is -1.93. The highest BCUT2D eigenvalue weighted by molar-refractivity contribution is 5.76. The number of hydrogen-bond donors (Lipinski definition) is 2. The van der Waals surface area contributed by atoms with Crippen molar-refractivity contribution in [1.82, 2.24) is 20.2 Å². The van der Waals surface area contributed by atoms with Crippen LogP contribution in [0.1, 0.15) is 37.4 Å². The number of rotatable bonds is 8. The van der Waals surface area contributed by atoms with Gasteiger partial charge in [0.1, 0.15) is 0 Å². The molecule has 2 N–H and O–H groups in total. The molecule has 0 radical (unpaired) electrons. The summed E-state index contributed by atoms with van der Waals surface area (Å²) in [6.45, 7) is 10.8. The molecule has 0 aromatic carbocycles. The van der Waals surface area contributed by atoms with Crippen molar-refractivity contribution in [2.75, 3.05) is 57.4 Å². The molecule has 0 spiro atoms. The highest BCUT2D eigenvalue weighted by Crippen LogP contribution is 2.12. The van der Waals surface area contributed by atoms with Crippen LogP contribution in [0.2, 0.25) is 0 Å². The van der Waals surface area contributed by atoms with Crippen molar-refractivity contribution in [3.8, 4) is 0 Å². The second kappa shape index (κ2) is 10.0. The summed E-state index contributed by atoms with van der Waals surface area (Å²) in [5, 5.41) is 3.01. The van der Waals surface area contributed by atoms with E-state index in [2.05, 4.69) is 27.1 Å². The molecule has 2 saturated heterocycles. The van der Waals surface area contributed by atoms with Crippen molar-refractivity contribution < 1.29 is 9.53 Å². The summed E-state index contributed by atoms with van der Waals surface area (Å²) in [5.74, 6) is 1.01. The Kier molecular flexibility index (Phi) is 7.44. The summed E-state index contributed by atoms with van der Waals surface area (Å²) < 4.78 is 5.34. The number of aromatic nitrogens is 2. The van der Waals surface area contributed by atoms with Gasteiger partial charge in [0.2, 0.25) is 11.9 Å². The van der Waals surface area contributed by atoms with Gasteiger partial charge in [-0.05, 0) is 45.2 Å². The minimum absolute atomic E-state index is 0.00988. The molecule has 3 heterocycles. The number of amides is 1. The summed E-state index contributed by atoms with van der Waals surface area (Å²) in [6.07, 6.45) is 3.28. The summed E-state index contributed by atoms with van der Waals surface area (Å²) >= 11 is 0. The molecule has 8 heteroatoms. The first-order valence-electron chi connectivity index (χ1n) is 10.4. The van der Waals surface area contributed by atoms with Crippen molar-refractivity contribution >= 4 is 11.9 Å². The molecular formula is C20H33N5O3. The number of H-pyrrole nitrogens is 1. The smallest absolute Gasteiger partial charge is 0.255 e. The Morgan fingerprint density at radius 2 is 1.96 bits per heavy atom. The predicted molar refractivity (Wildman–Crippen MR) is 109 cm³/mol. The standard InChI is InChI=1S/C20H33N5O3/c1-15(14-24-7-3-4-8-24)13-21-18(26)6-5-17-16(2)22-20(23-19(17)27)25-9-11-28-12-10-25/h15H,3-14H2,1-2H3,(H,21,26)(H,22,23,27). The molecule has 1 amide bonds. The number of aryl methyl sites for hydroxylation is 1. The molecular weight excluding hydrogens is 358 g/mol. The molecule has 156 valence electrons. The van der Waals surface area contributed by atoms with Gasteiger partial charge in [0, 0.05) is 43.9 Å². The predicted octanol–water partition coefficient (Wildman–Crippen LogP) is 0.696. The van der Waals surface area contributed by atoms with Crippen LogP contribution in [0.3, 0.4) is 0 Å². The Bertz CT molecular complexity index is 708. The number of ether oxygens (including phenoxy) is 1. The minimum Gasteiger partial charge on any atom is -0.378 e. The van der Waals surface area contributed by atoms with Crippen LogP contribution in [0.4, 0.5) is 5.95 Å². The number of carbonyl (C=O) groups is 1. The maximum Gasteiger partial charge on any atom is 0.255 e. The lowest BCUT2D eigenvalue weighted by Gasteiger charge is -2.27. The first-order valence-corrected chi connectivity index (χ1v) is 10.4. The molecule has 1 atom stereocenters. The number of nitrogens with zero attached hydrogens (tertiary/aromatic N) is 3. The van der Waals surface area contributed by atoms with Gasteiger partial charge < -0.3 is 19.9 Å². The van der Waals surface area contributed by atoms with Gasteiger partial charge in [0.05, 0.1) is 13.2 Å². The topological polar surface area (TPSA) is 90.6 Å². The SMILES string of the molecule is Cc1nc(N2CCOCC2)[nH]c(=O)c1CCC(=O)NCC(C)CN1CCCC1. The fourth-order valence-electron chi connectivity index (χ4n) is 3.90. The number of carbonyl (C=O) groups excluding carboxylic acids is 1. The van der Waals surface area contributed by atoms with Crippen LogP contribution in [0, 0.1) is 12.8 Å². The first kappa shape index (κ1) is 20.8. The summed E-state index contributed by atoms with van der Waals surface area (Å²) in [7, 11) is 0. The van der Waals surface area contributed by atoms with Crippen LogP contribution in [-0.2, 0) is 16.0 Å². The molecule has 0 saturated carbocycles. The molecule has 0 bridgehead atoms. The summed E-state index contributed by atoms with van der Waals surface area (Å²) in [6, 6.07) is 0. The van der Waals surface area contributed by atoms with E-state index >= 15 is 0 Å². The van der Waals surface area contributed by atoms with E-state index in [1.54, 1.807) is 0 Å². The molecule has 3 rings (SSSR count). The van der Waals surface area contributed by atoms with E-state index in [4.69, 9.17) is 4.74 Å². The number of morpholine rings is 1. The van der Waals surface area contributed by atoms with Gasteiger partial charge >= 0.3 is 0 Å². The van der Waals surface area contributed by atoms with Crippen molar-refractivity contribution in [2.24, 2.45) is 5.92 Å². The van der Waals surface area contributed by atoms with Crippen LogP contribution in [0.15, 0.2) is 4.79 Å². The average Bonchev–Trinajstić information content (AvgIpc) is 3.19. The number of anilines is 1. The molecule has 8 nitrogen and oxygen atoms in total. The van der Waals surface area contributed by atoms with Crippen molar-refractivity contribution in [3.05, 3.63) is 21.6 Å². The van der Waals surface area contributed by atoms with E-state index in [0.29, 0.717) is 55.7 Å². The second-order valence-corrected chi connectivity index (χ2v) is 7.97. The maximum absolute atomic E-state index is 12.5. The van der Waals surface area contributed by atoms with Gasteiger partial charge in [0.25, 0.3) is 5.56 Å². The van der Waals surface area contributed by atoms with Gasteiger partial charge in [0.15, 0.2) is 0 Å². The van der Waals surface area contributed by atoms with E-state index in [1.807, 2.05) is 11.8 Å². The largest absolute Gasteiger partial charge is 0.378 e. The lowest BCUT2D eigenvalue weighted by molar-refractivity contribution is -0.121. The van der Waals surface area contributed by atoms with Gasteiger partial charge in [-0.25, -0.2) is 4.98 Å². The highest BCUT2D eigenvalue weighted by atomic mass is 16.5. The fraction of sp³-hybridized carbons (Fsp3) is 0.750. The zero-order valence-corrected chi connectivity index (χ0v) is 17.1. The zero-order valence-electron chi connectivity index (χ0n) is 17.1. The van der Waals surface area contributed by atoms with E-state index in [1.165, 1.54) is 25.9 Å². The Labute approximate surface area is 166 Å². The normalized spacial score (nSPS) is 19.0. The fourth-order valence-corrected chi connectivity index (χ4v) is 3.90. The molecule has 2 fully saturated rings. The molecule has 1 aromatic rings. The highest BCUT2D eigenvalue weighted by Gasteiger charge is 2.18. The third-order valence-corrected chi connectivity index (χ3v) is 5.54. The summed E-state index contributed by atoms with van der Waals surface area (Å²) in [5.41, 5.74) is 1.14. The molecule has 0 aliphatic carbocycles. The molecule has 1 aromatic heterocycles. The van der Waals surface area contributed by atoms with Gasteiger partial charge in [-0.15, -0.1) is 0 Å². The first-order chi connectivity index (χ1) is 13.5. The minimum atomic E-state index is -0.149. The lowest BCUT2D eigenvalue weighted by atomic mass is 10.1.